The lowest BCUT2D eigenvalue weighted by atomic mass is 10.2. The molecule has 0 heterocycles. The van der Waals surface area contributed by atoms with Crippen molar-refractivity contribution >= 4 is 29.7 Å². The van der Waals surface area contributed by atoms with Crippen molar-refractivity contribution in [3.8, 4) is 0 Å². The van der Waals surface area contributed by atoms with Crippen LogP contribution in [0, 0.1) is 0 Å². The van der Waals surface area contributed by atoms with Gasteiger partial charge in [0.1, 0.15) is 0 Å². The van der Waals surface area contributed by atoms with Crippen LogP contribution in [0.2, 0.25) is 0 Å². The van der Waals surface area contributed by atoms with Gasteiger partial charge in [0.05, 0.1) is 0 Å². The molecule has 0 aliphatic carbocycles. The quantitative estimate of drug-likeness (QED) is 0.730. The van der Waals surface area contributed by atoms with Gasteiger partial charge >= 0.3 is 0 Å². The summed E-state index contributed by atoms with van der Waals surface area (Å²) in [6.07, 6.45) is 0. The van der Waals surface area contributed by atoms with Crippen molar-refractivity contribution in [1.29, 1.82) is 0 Å². The fourth-order valence-corrected chi connectivity index (χ4v) is 0.933. The summed E-state index contributed by atoms with van der Waals surface area (Å²) in [5.74, 6) is 2.78. The number of carbonyl (C=O) groups excluding carboxylic acids is 1. The monoisotopic (exact) mass is 210 g/mol. The summed E-state index contributed by atoms with van der Waals surface area (Å²) in [7, 11) is 3.46. The van der Waals surface area contributed by atoms with Crippen LogP contribution in [0.15, 0.2) is 24.3 Å². The second-order valence-electron chi connectivity index (χ2n) is 2.41. The summed E-state index contributed by atoms with van der Waals surface area (Å²) in [4.78, 5) is 11.1. The molecule has 1 aromatic rings. The average molecular weight is 210 g/mol. The van der Waals surface area contributed by atoms with Crippen LogP contribution in [0.25, 0.3) is 0 Å². The molecule has 0 spiro atoms. The average Bonchev–Trinajstić information content (AvgIpc) is 2.31. The van der Waals surface area contributed by atoms with Crippen molar-refractivity contribution < 1.29 is 4.79 Å². The van der Waals surface area contributed by atoms with Gasteiger partial charge in [-0.15, -0.1) is 0 Å². The second-order valence-corrected chi connectivity index (χ2v) is 2.41. The first-order valence-corrected chi connectivity index (χ1v) is 4.64. The largest absolute Gasteiger partial charge is 0.388 e. The maximum absolute atomic E-state index is 11.1. The molecule has 2 N–H and O–H groups in total. The summed E-state index contributed by atoms with van der Waals surface area (Å²) in [6.45, 7) is 0. The Morgan fingerprint density at radius 3 is 2.07 bits per heavy atom. The molecular formula is C10H14N2OS. The third kappa shape index (κ3) is 3.53. The van der Waals surface area contributed by atoms with Gasteiger partial charge in [-0.3, -0.25) is 4.79 Å². The smallest absolute Gasteiger partial charge is 0.251 e. The van der Waals surface area contributed by atoms with Crippen molar-refractivity contribution in [1.82, 2.24) is 5.32 Å². The van der Waals surface area contributed by atoms with Gasteiger partial charge in [-0.1, -0.05) is 12.2 Å². The molecule has 0 radical (unpaired) electrons. The highest BCUT2D eigenvalue weighted by atomic mass is 32.1. The zero-order valence-corrected chi connectivity index (χ0v) is 9.15. The number of nitrogens with one attached hydrogen (secondary N) is 2. The van der Waals surface area contributed by atoms with Crippen LogP contribution in [0.1, 0.15) is 10.4 Å². The van der Waals surface area contributed by atoms with Gasteiger partial charge in [-0.2, -0.15) is 0 Å². The highest BCUT2D eigenvalue weighted by Gasteiger charge is 2.00. The van der Waals surface area contributed by atoms with E-state index in [2.05, 4.69) is 28.7 Å². The molecule has 0 atom stereocenters. The van der Waals surface area contributed by atoms with Gasteiger partial charge in [0, 0.05) is 25.3 Å². The Kier molecular flexibility index (Phi) is 6.32. The Morgan fingerprint density at radius 2 is 1.71 bits per heavy atom. The summed E-state index contributed by atoms with van der Waals surface area (Å²) >= 11 is 3.83. The summed E-state index contributed by atoms with van der Waals surface area (Å²) in [6, 6.07) is 7.30. The lowest BCUT2D eigenvalue weighted by Gasteiger charge is -2.01. The van der Waals surface area contributed by atoms with Crippen LogP contribution in [-0.2, 0) is 0 Å². The predicted molar refractivity (Wildman–Crippen MR) is 64.1 cm³/mol. The van der Waals surface area contributed by atoms with E-state index < -0.39 is 0 Å². The van der Waals surface area contributed by atoms with E-state index >= 15 is 0 Å². The number of benzene rings is 1. The molecule has 0 bridgehead atoms. The van der Waals surface area contributed by atoms with Crippen molar-refractivity contribution in [2.24, 2.45) is 0 Å². The van der Waals surface area contributed by atoms with E-state index in [1.807, 2.05) is 19.2 Å². The van der Waals surface area contributed by atoms with E-state index in [1.165, 1.54) is 0 Å². The van der Waals surface area contributed by atoms with Crippen LogP contribution in [-0.4, -0.2) is 25.9 Å². The van der Waals surface area contributed by atoms with Crippen molar-refractivity contribution in [2.75, 3.05) is 19.4 Å². The number of anilines is 1. The van der Waals surface area contributed by atoms with Crippen LogP contribution in [0.5, 0.6) is 0 Å². The predicted octanol–water partition coefficient (Wildman–Crippen LogP) is 1.70. The maximum Gasteiger partial charge on any atom is 0.251 e. The molecule has 1 aromatic carbocycles. The third-order valence-electron chi connectivity index (χ3n) is 1.66. The van der Waals surface area contributed by atoms with Crippen LogP contribution < -0.4 is 10.6 Å². The van der Waals surface area contributed by atoms with E-state index in [1.54, 1.807) is 19.2 Å². The minimum absolute atomic E-state index is 0.0577. The highest BCUT2D eigenvalue weighted by molar-refractivity contribution is 7.77. The van der Waals surface area contributed by atoms with E-state index in [0.717, 1.165) is 5.69 Å². The van der Waals surface area contributed by atoms with E-state index in [-0.39, 0.29) is 5.91 Å². The Labute approximate surface area is 89.5 Å². The van der Waals surface area contributed by atoms with Crippen molar-refractivity contribution in [3.05, 3.63) is 29.8 Å². The van der Waals surface area contributed by atoms with E-state index in [4.69, 9.17) is 0 Å². The molecule has 0 saturated carbocycles. The van der Waals surface area contributed by atoms with Gasteiger partial charge in [0.15, 0.2) is 0 Å². The third-order valence-corrected chi connectivity index (χ3v) is 1.66. The molecular weight excluding hydrogens is 196 g/mol. The molecule has 0 aliphatic rings. The summed E-state index contributed by atoms with van der Waals surface area (Å²) in [5, 5.41) is 5.54. The highest BCUT2D eigenvalue weighted by Crippen LogP contribution is 2.07. The topological polar surface area (TPSA) is 41.1 Å². The first-order valence-electron chi connectivity index (χ1n) is 4.06. The van der Waals surface area contributed by atoms with Gasteiger partial charge in [-0.05, 0) is 30.1 Å². The molecule has 0 aliphatic heterocycles. The maximum atomic E-state index is 11.1. The Balaban J connectivity index is 0.000000791. The minimum atomic E-state index is -0.0577. The van der Waals surface area contributed by atoms with E-state index in [0.29, 0.717) is 5.56 Å². The molecule has 14 heavy (non-hydrogen) atoms. The van der Waals surface area contributed by atoms with Crippen LogP contribution >= 0.6 is 12.2 Å². The number of rotatable bonds is 2. The number of hydrogen-bond donors (Lipinski definition) is 2. The first-order chi connectivity index (χ1) is 6.77. The number of carbonyl (C=O) groups is 1. The Bertz CT molecular complexity index is 285. The Hall–Kier alpha value is -1.42. The first kappa shape index (κ1) is 12.6. The fraction of sp³-hybridized carbons (Fsp3) is 0.200. The molecule has 3 nitrogen and oxygen atoms in total. The molecule has 1 amide bonds. The Morgan fingerprint density at radius 1 is 1.21 bits per heavy atom. The van der Waals surface area contributed by atoms with Crippen molar-refractivity contribution in [2.45, 2.75) is 0 Å². The molecule has 76 valence electrons. The van der Waals surface area contributed by atoms with Gasteiger partial charge < -0.3 is 10.6 Å². The van der Waals surface area contributed by atoms with Gasteiger partial charge in [0.2, 0.25) is 0 Å². The van der Waals surface area contributed by atoms with Gasteiger partial charge in [-0.25, -0.2) is 0 Å². The zero-order valence-electron chi connectivity index (χ0n) is 8.33. The molecule has 1 rings (SSSR count). The van der Waals surface area contributed by atoms with Gasteiger partial charge in [0.25, 0.3) is 5.91 Å². The number of amides is 1. The number of hydrogen-bond acceptors (Lipinski definition) is 3. The lowest BCUT2D eigenvalue weighted by Crippen LogP contribution is -2.17. The SMILES string of the molecule is C=S.CNC(=O)c1ccc(NC)cc1. The molecule has 0 unspecified atom stereocenters. The minimum Gasteiger partial charge on any atom is -0.388 e. The van der Waals surface area contributed by atoms with Crippen LogP contribution in [0.4, 0.5) is 5.69 Å². The zero-order chi connectivity index (χ0) is 11.0. The summed E-state index contributed by atoms with van der Waals surface area (Å²) < 4.78 is 0. The summed E-state index contributed by atoms with van der Waals surface area (Å²) in [5.41, 5.74) is 1.68. The van der Waals surface area contributed by atoms with E-state index in [9.17, 15) is 4.79 Å². The second kappa shape index (κ2) is 7.03. The molecule has 4 heteroatoms. The molecule has 0 saturated heterocycles. The molecule has 0 fully saturated rings. The lowest BCUT2D eigenvalue weighted by molar-refractivity contribution is 0.0963. The normalized spacial score (nSPS) is 8.14. The molecule has 0 aromatic heterocycles. The van der Waals surface area contributed by atoms with Crippen LogP contribution in [0.3, 0.4) is 0 Å². The number of thiocarbonyl (C=S) groups is 1. The van der Waals surface area contributed by atoms with Crippen molar-refractivity contribution in [3.63, 3.8) is 0 Å². The standard InChI is InChI=1S/C9H12N2O.CH2S/c1-10-8-5-3-7(4-6-8)9(12)11-2;1-2/h3-6,10H,1-2H3,(H,11,12);1H2. The fourth-order valence-electron chi connectivity index (χ4n) is 0.933.